The van der Waals surface area contributed by atoms with Gasteiger partial charge in [-0.2, -0.15) is 0 Å². The fourth-order valence-corrected chi connectivity index (χ4v) is 1.23. The Balaban J connectivity index is 3.07. The van der Waals surface area contributed by atoms with Crippen LogP contribution in [0.25, 0.3) is 0 Å². The van der Waals surface area contributed by atoms with Crippen LogP contribution in [-0.2, 0) is 6.61 Å². The summed E-state index contributed by atoms with van der Waals surface area (Å²) >= 11 is 0. The van der Waals surface area contributed by atoms with Crippen molar-refractivity contribution in [1.29, 1.82) is 0 Å². The van der Waals surface area contributed by atoms with Gasteiger partial charge >= 0.3 is 5.69 Å². The number of para-hydroxylation sites is 1. The lowest BCUT2D eigenvalue weighted by molar-refractivity contribution is -0.386. The van der Waals surface area contributed by atoms with Crippen LogP contribution in [0.1, 0.15) is 18.9 Å². The summed E-state index contributed by atoms with van der Waals surface area (Å²) in [6.45, 7) is 1.98. The summed E-state index contributed by atoms with van der Waals surface area (Å²) < 4.78 is 5.24. The summed E-state index contributed by atoms with van der Waals surface area (Å²) in [6, 6.07) is 4.67. The molecule has 5 nitrogen and oxygen atoms in total. The average molecular weight is 211 g/mol. The number of aliphatic hydroxyl groups excluding tert-OH is 1. The van der Waals surface area contributed by atoms with Gasteiger partial charge in [0.15, 0.2) is 5.75 Å². The molecule has 0 saturated carbocycles. The molecule has 0 aliphatic heterocycles. The van der Waals surface area contributed by atoms with E-state index in [0.717, 1.165) is 6.42 Å². The Labute approximate surface area is 87.5 Å². The van der Waals surface area contributed by atoms with E-state index in [1.807, 2.05) is 6.92 Å². The Morgan fingerprint density at radius 1 is 1.53 bits per heavy atom. The van der Waals surface area contributed by atoms with Crippen LogP contribution < -0.4 is 4.74 Å². The second-order valence-corrected chi connectivity index (χ2v) is 3.03. The summed E-state index contributed by atoms with van der Waals surface area (Å²) in [6.07, 6.45) is 0.778. The van der Waals surface area contributed by atoms with Crippen molar-refractivity contribution >= 4 is 5.69 Å². The highest BCUT2D eigenvalue weighted by Gasteiger charge is 2.19. The third-order valence-electron chi connectivity index (χ3n) is 1.90. The van der Waals surface area contributed by atoms with Crippen LogP contribution in [0.3, 0.4) is 0 Å². The first-order valence-corrected chi connectivity index (χ1v) is 4.70. The maximum atomic E-state index is 10.8. The quantitative estimate of drug-likeness (QED) is 0.596. The first-order chi connectivity index (χ1) is 7.20. The standard InChI is InChI=1S/C10H13NO4/c1-2-6-15-9-5-3-4-8(7-12)10(9)11(13)14/h3-5,12H,2,6-7H2,1H3. The second-order valence-electron chi connectivity index (χ2n) is 3.03. The van der Waals surface area contributed by atoms with Crippen molar-refractivity contribution in [3.63, 3.8) is 0 Å². The van der Waals surface area contributed by atoms with E-state index in [-0.39, 0.29) is 23.6 Å². The second kappa shape index (κ2) is 5.31. The molecule has 15 heavy (non-hydrogen) atoms. The summed E-state index contributed by atoms with van der Waals surface area (Å²) in [5, 5.41) is 19.7. The third-order valence-corrected chi connectivity index (χ3v) is 1.90. The molecule has 0 aromatic heterocycles. The van der Waals surface area contributed by atoms with Gasteiger partial charge in [-0.15, -0.1) is 0 Å². The smallest absolute Gasteiger partial charge is 0.316 e. The first-order valence-electron chi connectivity index (χ1n) is 4.70. The van der Waals surface area contributed by atoms with E-state index < -0.39 is 4.92 Å². The molecule has 0 fully saturated rings. The highest BCUT2D eigenvalue weighted by atomic mass is 16.6. The lowest BCUT2D eigenvalue weighted by atomic mass is 10.2. The van der Waals surface area contributed by atoms with Gasteiger partial charge in [-0.1, -0.05) is 13.0 Å². The van der Waals surface area contributed by atoms with Crippen LogP contribution in [0.5, 0.6) is 5.75 Å². The van der Waals surface area contributed by atoms with E-state index in [1.54, 1.807) is 6.07 Å². The summed E-state index contributed by atoms with van der Waals surface area (Å²) in [4.78, 5) is 10.2. The Morgan fingerprint density at radius 3 is 2.80 bits per heavy atom. The molecule has 1 N–H and O–H groups in total. The lowest BCUT2D eigenvalue weighted by Gasteiger charge is -2.07. The molecule has 5 heteroatoms. The molecule has 0 heterocycles. The molecule has 0 spiro atoms. The van der Waals surface area contributed by atoms with Gasteiger partial charge in [0, 0.05) is 0 Å². The fraction of sp³-hybridized carbons (Fsp3) is 0.400. The molecule has 0 atom stereocenters. The number of hydrogen-bond donors (Lipinski definition) is 1. The Hall–Kier alpha value is -1.62. The Bertz CT molecular complexity index is 351. The molecule has 0 bridgehead atoms. The highest BCUT2D eigenvalue weighted by molar-refractivity contribution is 5.52. The zero-order valence-corrected chi connectivity index (χ0v) is 8.47. The van der Waals surface area contributed by atoms with Crippen molar-refractivity contribution in [2.75, 3.05) is 6.61 Å². The maximum Gasteiger partial charge on any atom is 0.316 e. The molecule has 1 rings (SSSR count). The van der Waals surface area contributed by atoms with Crippen molar-refractivity contribution in [2.24, 2.45) is 0 Å². The number of nitro groups is 1. The molecule has 0 aliphatic rings. The van der Waals surface area contributed by atoms with Gasteiger partial charge in [0.1, 0.15) is 0 Å². The predicted octanol–water partition coefficient (Wildman–Crippen LogP) is 1.88. The summed E-state index contributed by atoms with van der Waals surface area (Å²) in [5.41, 5.74) is 0.127. The minimum Gasteiger partial charge on any atom is -0.487 e. The zero-order valence-electron chi connectivity index (χ0n) is 8.47. The number of nitrogens with zero attached hydrogens (tertiary/aromatic N) is 1. The normalized spacial score (nSPS) is 10.0. The van der Waals surface area contributed by atoms with E-state index >= 15 is 0 Å². The molecular weight excluding hydrogens is 198 g/mol. The Kier molecular flexibility index (Phi) is 4.05. The van der Waals surface area contributed by atoms with Crippen LogP contribution in [0.2, 0.25) is 0 Å². The Morgan fingerprint density at radius 2 is 2.27 bits per heavy atom. The van der Waals surface area contributed by atoms with E-state index in [9.17, 15) is 10.1 Å². The molecule has 1 aromatic rings. The minimum atomic E-state index is -0.531. The van der Waals surface area contributed by atoms with Gasteiger partial charge in [-0.25, -0.2) is 0 Å². The number of benzene rings is 1. The van der Waals surface area contributed by atoms with Crippen LogP contribution in [0.4, 0.5) is 5.69 Å². The van der Waals surface area contributed by atoms with Gasteiger partial charge < -0.3 is 9.84 Å². The molecule has 82 valence electrons. The molecule has 0 amide bonds. The molecule has 0 aliphatic carbocycles. The summed E-state index contributed by atoms with van der Waals surface area (Å²) in [5.74, 6) is 0.216. The van der Waals surface area contributed by atoms with E-state index in [1.165, 1.54) is 12.1 Å². The lowest BCUT2D eigenvalue weighted by Crippen LogP contribution is -2.02. The molecule has 1 aromatic carbocycles. The average Bonchev–Trinajstić information content (AvgIpc) is 2.25. The van der Waals surface area contributed by atoms with Crippen LogP contribution in [-0.4, -0.2) is 16.6 Å². The maximum absolute atomic E-state index is 10.8. The topological polar surface area (TPSA) is 72.6 Å². The monoisotopic (exact) mass is 211 g/mol. The largest absolute Gasteiger partial charge is 0.487 e. The number of aliphatic hydroxyl groups is 1. The van der Waals surface area contributed by atoms with E-state index in [0.29, 0.717) is 6.61 Å². The fourth-order valence-electron chi connectivity index (χ4n) is 1.23. The van der Waals surface area contributed by atoms with Gasteiger partial charge in [-0.05, 0) is 18.6 Å². The predicted molar refractivity (Wildman–Crippen MR) is 54.8 cm³/mol. The van der Waals surface area contributed by atoms with Crippen molar-refractivity contribution in [3.05, 3.63) is 33.9 Å². The van der Waals surface area contributed by atoms with Gasteiger partial charge in [0.2, 0.25) is 0 Å². The van der Waals surface area contributed by atoms with Crippen molar-refractivity contribution in [2.45, 2.75) is 20.0 Å². The number of rotatable bonds is 5. The zero-order chi connectivity index (χ0) is 11.3. The molecule has 0 unspecified atom stereocenters. The molecule has 0 radical (unpaired) electrons. The van der Waals surface area contributed by atoms with Gasteiger partial charge in [0.25, 0.3) is 0 Å². The number of nitro benzene ring substituents is 1. The third kappa shape index (κ3) is 2.66. The van der Waals surface area contributed by atoms with Gasteiger partial charge in [-0.3, -0.25) is 10.1 Å². The summed E-state index contributed by atoms with van der Waals surface area (Å²) in [7, 11) is 0. The van der Waals surface area contributed by atoms with Crippen molar-refractivity contribution in [1.82, 2.24) is 0 Å². The van der Waals surface area contributed by atoms with Crippen LogP contribution in [0, 0.1) is 10.1 Å². The van der Waals surface area contributed by atoms with Gasteiger partial charge in [0.05, 0.1) is 23.7 Å². The van der Waals surface area contributed by atoms with Crippen LogP contribution in [0.15, 0.2) is 18.2 Å². The first kappa shape index (κ1) is 11.5. The minimum absolute atomic E-state index is 0.145. The van der Waals surface area contributed by atoms with E-state index in [4.69, 9.17) is 9.84 Å². The van der Waals surface area contributed by atoms with Crippen molar-refractivity contribution < 1.29 is 14.8 Å². The van der Waals surface area contributed by atoms with E-state index in [2.05, 4.69) is 0 Å². The highest BCUT2D eigenvalue weighted by Crippen LogP contribution is 2.30. The van der Waals surface area contributed by atoms with Crippen molar-refractivity contribution in [3.8, 4) is 5.75 Å². The number of ether oxygens (including phenoxy) is 1. The SMILES string of the molecule is CCCOc1cccc(CO)c1[N+](=O)[O-]. The molecular formula is C10H13NO4. The molecule has 0 saturated heterocycles. The van der Waals surface area contributed by atoms with Crippen LogP contribution >= 0.6 is 0 Å². The number of hydrogen-bond acceptors (Lipinski definition) is 4.